The van der Waals surface area contributed by atoms with Crippen LogP contribution in [-0.2, 0) is 0 Å². The Kier molecular flexibility index (Phi) is 4.68. The lowest BCUT2D eigenvalue weighted by Gasteiger charge is -2.09. The van der Waals surface area contributed by atoms with Crippen molar-refractivity contribution >= 4 is 11.6 Å². The fourth-order valence-electron chi connectivity index (χ4n) is 1.70. The van der Waals surface area contributed by atoms with Crippen molar-refractivity contribution in [3.8, 4) is 0 Å². The van der Waals surface area contributed by atoms with Crippen LogP contribution in [0.25, 0.3) is 0 Å². The van der Waals surface area contributed by atoms with Gasteiger partial charge in [-0.1, -0.05) is 17.7 Å². The Balaban J connectivity index is 1.92. The smallest absolute Gasteiger partial charge is 0.193 e. The summed E-state index contributed by atoms with van der Waals surface area (Å²) in [4.78, 5) is 8.03. The molecule has 5 heteroatoms. The minimum atomic E-state index is -0.684. The molecule has 2 aromatic rings. The van der Waals surface area contributed by atoms with Crippen molar-refractivity contribution < 1.29 is 5.11 Å². The van der Waals surface area contributed by atoms with Crippen molar-refractivity contribution in [2.75, 3.05) is 11.9 Å². The molecule has 20 heavy (non-hydrogen) atoms. The molecule has 0 radical (unpaired) electrons. The highest BCUT2D eigenvalue weighted by Crippen LogP contribution is 2.11. The Morgan fingerprint density at radius 2 is 1.90 bits per heavy atom. The predicted molar refractivity (Wildman–Crippen MR) is 80.5 cm³/mol. The number of anilines is 1. The van der Waals surface area contributed by atoms with Gasteiger partial charge < -0.3 is 16.2 Å². The van der Waals surface area contributed by atoms with Gasteiger partial charge in [0.25, 0.3) is 0 Å². The molecule has 0 aliphatic carbocycles. The van der Waals surface area contributed by atoms with Gasteiger partial charge in [0.05, 0.1) is 12.6 Å². The van der Waals surface area contributed by atoms with Gasteiger partial charge in [-0.2, -0.15) is 0 Å². The summed E-state index contributed by atoms with van der Waals surface area (Å²) in [6.45, 7) is 2.22. The molecule has 0 bridgehead atoms. The SMILES string of the molecule is Cc1ccc(NC(N)=NCC(O)c2ccncc2)cc1. The lowest BCUT2D eigenvalue weighted by atomic mass is 10.1. The number of hydrogen-bond acceptors (Lipinski definition) is 3. The second-order valence-corrected chi connectivity index (χ2v) is 4.51. The molecule has 5 nitrogen and oxygen atoms in total. The standard InChI is InChI=1S/C15H18N4O/c1-11-2-4-13(5-3-11)19-15(16)18-10-14(20)12-6-8-17-9-7-12/h2-9,14,20H,10H2,1H3,(H3,16,18,19). The average Bonchev–Trinajstić information content (AvgIpc) is 2.48. The van der Waals surface area contributed by atoms with Crippen molar-refractivity contribution in [1.82, 2.24) is 4.98 Å². The Morgan fingerprint density at radius 3 is 2.55 bits per heavy atom. The molecule has 0 aliphatic heterocycles. The summed E-state index contributed by atoms with van der Waals surface area (Å²) in [6.07, 6.45) is 2.59. The molecule has 1 aromatic heterocycles. The van der Waals surface area contributed by atoms with Crippen molar-refractivity contribution in [1.29, 1.82) is 0 Å². The van der Waals surface area contributed by atoms with Gasteiger partial charge in [0, 0.05) is 18.1 Å². The van der Waals surface area contributed by atoms with E-state index < -0.39 is 6.10 Å². The maximum absolute atomic E-state index is 9.95. The van der Waals surface area contributed by atoms with Crippen LogP contribution in [0, 0.1) is 6.92 Å². The van der Waals surface area contributed by atoms with E-state index in [1.807, 2.05) is 31.2 Å². The number of aryl methyl sites for hydroxylation is 1. The van der Waals surface area contributed by atoms with E-state index in [2.05, 4.69) is 15.3 Å². The molecule has 0 spiro atoms. The molecule has 1 atom stereocenters. The molecule has 1 heterocycles. The van der Waals surface area contributed by atoms with Gasteiger partial charge in [0.1, 0.15) is 0 Å². The Morgan fingerprint density at radius 1 is 1.25 bits per heavy atom. The number of aliphatic hydroxyl groups is 1. The van der Waals surface area contributed by atoms with Gasteiger partial charge in [-0.25, -0.2) is 0 Å². The summed E-state index contributed by atoms with van der Waals surface area (Å²) in [7, 11) is 0. The number of aromatic nitrogens is 1. The molecule has 0 amide bonds. The third-order valence-electron chi connectivity index (χ3n) is 2.85. The van der Waals surface area contributed by atoms with Crippen LogP contribution in [0.1, 0.15) is 17.2 Å². The fourth-order valence-corrected chi connectivity index (χ4v) is 1.70. The highest BCUT2D eigenvalue weighted by atomic mass is 16.3. The maximum Gasteiger partial charge on any atom is 0.193 e. The van der Waals surface area contributed by atoms with E-state index >= 15 is 0 Å². The van der Waals surface area contributed by atoms with Crippen molar-refractivity contribution in [2.24, 2.45) is 10.7 Å². The largest absolute Gasteiger partial charge is 0.386 e. The minimum absolute atomic E-state index is 0.203. The zero-order valence-electron chi connectivity index (χ0n) is 11.3. The number of hydrogen-bond donors (Lipinski definition) is 3. The summed E-state index contributed by atoms with van der Waals surface area (Å²) in [5.41, 5.74) is 8.61. The van der Waals surface area contributed by atoms with Crippen molar-refractivity contribution in [2.45, 2.75) is 13.0 Å². The first-order valence-corrected chi connectivity index (χ1v) is 6.37. The third-order valence-corrected chi connectivity index (χ3v) is 2.85. The fraction of sp³-hybridized carbons (Fsp3) is 0.200. The first-order valence-electron chi connectivity index (χ1n) is 6.37. The van der Waals surface area contributed by atoms with Crippen molar-refractivity contribution in [3.05, 3.63) is 59.9 Å². The molecular formula is C15H18N4O. The Hall–Kier alpha value is -2.40. The Labute approximate surface area is 118 Å². The van der Waals surface area contributed by atoms with Crippen molar-refractivity contribution in [3.63, 3.8) is 0 Å². The van der Waals surface area contributed by atoms with E-state index in [1.165, 1.54) is 5.56 Å². The van der Waals surface area contributed by atoms with Crippen LogP contribution in [-0.4, -0.2) is 22.6 Å². The summed E-state index contributed by atoms with van der Waals surface area (Å²) < 4.78 is 0. The number of guanidine groups is 1. The third kappa shape index (κ3) is 4.07. The van der Waals surface area contributed by atoms with E-state index in [1.54, 1.807) is 24.5 Å². The Bertz CT molecular complexity index is 566. The average molecular weight is 270 g/mol. The number of nitrogens with two attached hydrogens (primary N) is 1. The monoisotopic (exact) mass is 270 g/mol. The minimum Gasteiger partial charge on any atom is -0.386 e. The first kappa shape index (κ1) is 14.0. The van der Waals surface area contributed by atoms with E-state index in [0.29, 0.717) is 0 Å². The van der Waals surface area contributed by atoms with E-state index in [0.717, 1.165) is 11.3 Å². The molecule has 0 aliphatic rings. The lowest BCUT2D eigenvalue weighted by Crippen LogP contribution is -2.23. The first-order chi connectivity index (χ1) is 9.65. The van der Waals surface area contributed by atoms with Gasteiger partial charge in [-0.3, -0.25) is 9.98 Å². The number of benzene rings is 1. The zero-order chi connectivity index (χ0) is 14.4. The van der Waals surface area contributed by atoms with Crippen LogP contribution in [0.2, 0.25) is 0 Å². The second kappa shape index (κ2) is 6.68. The number of rotatable bonds is 4. The molecule has 0 saturated carbocycles. The zero-order valence-corrected chi connectivity index (χ0v) is 11.3. The van der Waals surface area contributed by atoms with Crippen LogP contribution in [0.3, 0.4) is 0 Å². The molecule has 2 rings (SSSR count). The summed E-state index contributed by atoms with van der Waals surface area (Å²) in [6, 6.07) is 11.3. The van der Waals surface area contributed by atoms with Gasteiger partial charge in [0.15, 0.2) is 5.96 Å². The number of aliphatic hydroxyl groups excluding tert-OH is 1. The van der Waals surface area contributed by atoms with Crippen LogP contribution < -0.4 is 11.1 Å². The van der Waals surface area contributed by atoms with Gasteiger partial charge in [-0.05, 0) is 36.8 Å². The lowest BCUT2D eigenvalue weighted by molar-refractivity contribution is 0.187. The van der Waals surface area contributed by atoms with Gasteiger partial charge in [0.2, 0.25) is 0 Å². The van der Waals surface area contributed by atoms with E-state index in [-0.39, 0.29) is 12.5 Å². The molecule has 1 aromatic carbocycles. The topological polar surface area (TPSA) is 83.5 Å². The van der Waals surface area contributed by atoms with Crippen LogP contribution in [0.4, 0.5) is 5.69 Å². The highest BCUT2D eigenvalue weighted by molar-refractivity contribution is 5.92. The van der Waals surface area contributed by atoms with Crippen LogP contribution >= 0.6 is 0 Å². The number of pyridine rings is 1. The summed E-state index contributed by atoms with van der Waals surface area (Å²) >= 11 is 0. The van der Waals surface area contributed by atoms with E-state index in [9.17, 15) is 5.11 Å². The van der Waals surface area contributed by atoms with Gasteiger partial charge >= 0.3 is 0 Å². The molecule has 104 valence electrons. The highest BCUT2D eigenvalue weighted by Gasteiger charge is 2.06. The molecule has 4 N–H and O–H groups in total. The number of nitrogens with zero attached hydrogens (tertiary/aromatic N) is 2. The second-order valence-electron chi connectivity index (χ2n) is 4.51. The molecule has 1 unspecified atom stereocenters. The normalized spacial score (nSPS) is 13.0. The molecule has 0 saturated heterocycles. The maximum atomic E-state index is 9.95. The quantitative estimate of drug-likeness (QED) is 0.585. The summed E-state index contributed by atoms with van der Waals surface area (Å²) in [5.74, 6) is 0.280. The van der Waals surface area contributed by atoms with Gasteiger partial charge in [-0.15, -0.1) is 0 Å². The number of aliphatic imine (C=N–C) groups is 1. The number of nitrogens with one attached hydrogen (secondary N) is 1. The van der Waals surface area contributed by atoms with Crippen LogP contribution in [0.5, 0.6) is 0 Å². The van der Waals surface area contributed by atoms with E-state index in [4.69, 9.17) is 5.73 Å². The van der Waals surface area contributed by atoms with Crippen LogP contribution in [0.15, 0.2) is 53.8 Å². The summed E-state index contributed by atoms with van der Waals surface area (Å²) in [5, 5.41) is 12.9. The molecular weight excluding hydrogens is 252 g/mol. The predicted octanol–water partition coefficient (Wildman–Crippen LogP) is 1.85. The molecule has 0 fully saturated rings.